The number of piperidine rings is 1. The summed E-state index contributed by atoms with van der Waals surface area (Å²) in [5.74, 6) is -1.50. The number of halogens is 1. The molecule has 1 aromatic carbocycles. The summed E-state index contributed by atoms with van der Waals surface area (Å²) in [5.41, 5.74) is 1.30. The second-order valence-electron chi connectivity index (χ2n) is 15.7. The highest BCUT2D eigenvalue weighted by Gasteiger charge is 2.31. The molecule has 2 aromatic rings. The largest absolute Gasteiger partial charge is 0.457 e. The minimum absolute atomic E-state index is 0.0899. The first-order chi connectivity index (χ1) is 24.6. The molecule has 3 aliphatic rings. The quantitative estimate of drug-likeness (QED) is 0.241. The van der Waals surface area contributed by atoms with Crippen LogP contribution in [0.15, 0.2) is 29.9 Å². The lowest BCUT2D eigenvalue weighted by Crippen LogP contribution is -2.48. The lowest BCUT2D eigenvalue weighted by Gasteiger charge is -2.33. The first-order valence-electron chi connectivity index (χ1n) is 18.5. The Morgan fingerprint density at radius 2 is 1.65 bits per heavy atom. The summed E-state index contributed by atoms with van der Waals surface area (Å²) in [6.07, 6.45) is 4.58. The number of carbonyl (C=O) groups excluding carboxylic acids is 3. The van der Waals surface area contributed by atoms with Crippen LogP contribution in [0.4, 0.5) is 14.0 Å². The van der Waals surface area contributed by atoms with Crippen molar-refractivity contribution in [2.75, 3.05) is 46.3 Å². The highest BCUT2D eigenvalue weighted by molar-refractivity contribution is 5.79. The second kappa shape index (κ2) is 16.7. The zero-order chi connectivity index (χ0) is 37.7. The van der Waals surface area contributed by atoms with Gasteiger partial charge in [-0.25, -0.2) is 18.7 Å². The van der Waals surface area contributed by atoms with Crippen LogP contribution in [0.2, 0.25) is 0 Å². The number of piperazine rings is 1. The summed E-state index contributed by atoms with van der Waals surface area (Å²) in [5, 5.41) is 19.1. The molecule has 0 radical (unpaired) electrons. The molecule has 0 bridgehead atoms. The van der Waals surface area contributed by atoms with Crippen molar-refractivity contribution in [2.45, 2.75) is 104 Å². The molecule has 2 fully saturated rings. The molecular weight excluding hydrogens is 671 g/mol. The van der Waals surface area contributed by atoms with E-state index in [1.165, 1.54) is 6.07 Å². The van der Waals surface area contributed by atoms with Gasteiger partial charge < -0.3 is 34.0 Å². The summed E-state index contributed by atoms with van der Waals surface area (Å²) >= 11 is 0. The molecule has 0 spiro atoms. The molecule has 0 unspecified atom stereocenters. The van der Waals surface area contributed by atoms with Gasteiger partial charge in [0.15, 0.2) is 5.82 Å². The Bertz CT molecular complexity index is 1640. The smallest absolute Gasteiger partial charge is 0.410 e. The van der Waals surface area contributed by atoms with E-state index < -0.39 is 35.7 Å². The zero-order valence-electron chi connectivity index (χ0n) is 31.6. The van der Waals surface area contributed by atoms with Crippen LogP contribution >= 0.6 is 0 Å². The van der Waals surface area contributed by atoms with E-state index in [1.807, 2.05) is 66.8 Å². The number of esters is 1. The molecular formula is C38H55FN6O7. The molecule has 3 aliphatic heterocycles. The van der Waals surface area contributed by atoms with Crippen molar-refractivity contribution >= 4 is 35.3 Å². The van der Waals surface area contributed by atoms with Gasteiger partial charge in [0.05, 0.1) is 24.1 Å². The SMILES string of the molecule is C/C(=C\c1cc(F)c2nnn(C3CCN(C(=O)OC(C)(C)C)CC3)c2c1)[C@H]1OC(=O)C[C@H](O)CC[C@H](C)[C@H](OC(=O)N2CCN(C)CC2)/C=C/[C@@H]1C. The van der Waals surface area contributed by atoms with E-state index in [0.29, 0.717) is 68.5 Å². The van der Waals surface area contributed by atoms with Crippen LogP contribution in [-0.4, -0.2) is 123 Å². The number of hydrogen-bond donors (Lipinski definition) is 1. The Balaban J connectivity index is 1.36. The molecule has 2 saturated heterocycles. The first-order valence-corrected chi connectivity index (χ1v) is 18.5. The Morgan fingerprint density at radius 3 is 2.33 bits per heavy atom. The van der Waals surface area contributed by atoms with Gasteiger partial charge in [-0.05, 0) is 95.7 Å². The summed E-state index contributed by atoms with van der Waals surface area (Å²) < 4.78 is 34.7. The standard InChI is InChI=1S/C38H55FN6O7/c1-24-8-10-29(46)23-33(47)51-35(25(2)9-11-32(24)50-36(48)44-18-16-42(7)17-19-44)26(3)20-27-21-30(39)34-31(22-27)45(41-40-34)28-12-14-43(15-13-28)37(49)52-38(4,5)6/h9,11,20-22,24-25,28-29,32,35,46H,8,10,12-19,23H2,1-7H3/b11-9+,26-20+/t24-,25-,29+,32+,35-/m0/s1. The van der Waals surface area contributed by atoms with Gasteiger partial charge in [-0.1, -0.05) is 31.2 Å². The number of aromatic nitrogens is 3. The molecule has 2 amide bonds. The molecule has 52 heavy (non-hydrogen) atoms. The van der Waals surface area contributed by atoms with E-state index in [-0.39, 0.29) is 42.0 Å². The summed E-state index contributed by atoms with van der Waals surface area (Å²) in [6, 6.07) is 3.11. The molecule has 4 heterocycles. The van der Waals surface area contributed by atoms with Crippen molar-refractivity contribution in [2.24, 2.45) is 11.8 Å². The van der Waals surface area contributed by atoms with Crippen molar-refractivity contribution < 1.29 is 38.1 Å². The number of rotatable bonds is 4. The van der Waals surface area contributed by atoms with Gasteiger partial charge in [0, 0.05) is 45.2 Å². The molecule has 5 rings (SSSR count). The summed E-state index contributed by atoms with van der Waals surface area (Å²) in [6.45, 7) is 14.9. The number of ether oxygens (including phenoxy) is 3. The number of benzene rings is 1. The highest BCUT2D eigenvalue weighted by atomic mass is 19.1. The average molecular weight is 727 g/mol. The Morgan fingerprint density at radius 1 is 0.981 bits per heavy atom. The van der Waals surface area contributed by atoms with Gasteiger partial charge in [-0.3, -0.25) is 4.79 Å². The number of fused-ring (bicyclic) bond motifs is 1. The van der Waals surface area contributed by atoms with E-state index in [4.69, 9.17) is 14.2 Å². The fourth-order valence-corrected chi connectivity index (χ4v) is 6.97. The number of nitrogens with zero attached hydrogens (tertiary/aromatic N) is 6. The molecule has 0 saturated carbocycles. The fraction of sp³-hybridized carbons (Fsp3) is 0.658. The molecule has 0 aliphatic carbocycles. The number of hydrogen-bond acceptors (Lipinski definition) is 10. The number of likely N-dealkylation sites (tertiary alicyclic amines) is 1. The minimum Gasteiger partial charge on any atom is -0.457 e. The second-order valence-corrected chi connectivity index (χ2v) is 15.7. The lowest BCUT2D eigenvalue weighted by atomic mass is 9.91. The van der Waals surface area contributed by atoms with Crippen molar-refractivity contribution in [1.82, 2.24) is 29.7 Å². The molecule has 14 heteroatoms. The fourth-order valence-electron chi connectivity index (χ4n) is 6.97. The van der Waals surface area contributed by atoms with Gasteiger partial charge in [0.1, 0.15) is 23.3 Å². The molecule has 286 valence electrons. The molecule has 1 aromatic heterocycles. The van der Waals surface area contributed by atoms with E-state index >= 15 is 4.39 Å². The van der Waals surface area contributed by atoms with Gasteiger partial charge in [0.25, 0.3) is 0 Å². The van der Waals surface area contributed by atoms with Crippen molar-refractivity contribution in [3.63, 3.8) is 0 Å². The third kappa shape index (κ3) is 10.1. The van der Waals surface area contributed by atoms with Gasteiger partial charge in [-0.15, -0.1) is 5.10 Å². The molecule has 1 N–H and O–H groups in total. The van der Waals surface area contributed by atoms with Crippen LogP contribution in [0.5, 0.6) is 0 Å². The van der Waals surface area contributed by atoms with Crippen molar-refractivity contribution in [1.29, 1.82) is 0 Å². The lowest BCUT2D eigenvalue weighted by molar-refractivity contribution is -0.151. The first kappa shape index (κ1) is 39.2. The predicted octanol–water partition coefficient (Wildman–Crippen LogP) is 5.58. The van der Waals surface area contributed by atoms with Crippen LogP contribution in [-0.2, 0) is 19.0 Å². The van der Waals surface area contributed by atoms with Gasteiger partial charge in [-0.2, -0.15) is 0 Å². The summed E-state index contributed by atoms with van der Waals surface area (Å²) in [7, 11) is 2.02. The number of cyclic esters (lactones) is 1. The number of aliphatic hydroxyl groups is 1. The van der Waals surface area contributed by atoms with E-state index in [0.717, 1.165) is 13.1 Å². The average Bonchev–Trinajstić information content (AvgIpc) is 3.51. The maximum absolute atomic E-state index is 15.5. The molecule has 5 atom stereocenters. The normalized spacial score (nSPS) is 27.1. The van der Waals surface area contributed by atoms with E-state index in [9.17, 15) is 19.5 Å². The minimum atomic E-state index is -0.909. The van der Waals surface area contributed by atoms with E-state index in [1.54, 1.807) is 20.6 Å². The van der Waals surface area contributed by atoms with Crippen LogP contribution in [0.1, 0.15) is 85.3 Å². The van der Waals surface area contributed by atoms with Gasteiger partial charge in [0.2, 0.25) is 0 Å². The topological polar surface area (TPSA) is 140 Å². The monoisotopic (exact) mass is 726 g/mol. The highest BCUT2D eigenvalue weighted by Crippen LogP contribution is 2.30. The Kier molecular flexibility index (Phi) is 12.6. The third-order valence-corrected chi connectivity index (χ3v) is 10.1. The van der Waals surface area contributed by atoms with Crippen molar-refractivity contribution in [3.8, 4) is 0 Å². The zero-order valence-corrected chi connectivity index (χ0v) is 31.6. The predicted molar refractivity (Wildman–Crippen MR) is 194 cm³/mol. The van der Waals surface area contributed by atoms with Crippen molar-refractivity contribution in [3.05, 3.63) is 41.2 Å². The van der Waals surface area contributed by atoms with Crippen LogP contribution in [0.25, 0.3) is 17.1 Å². The summed E-state index contributed by atoms with van der Waals surface area (Å²) in [4.78, 5) is 44.3. The van der Waals surface area contributed by atoms with Gasteiger partial charge >= 0.3 is 18.2 Å². The van der Waals surface area contributed by atoms with Crippen LogP contribution in [0.3, 0.4) is 0 Å². The van der Waals surface area contributed by atoms with E-state index in [2.05, 4.69) is 15.2 Å². The maximum atomic E-state index is 15.5. The number of carbonyl (C=O) groups is 3. The number of amides is 2. The molecule has 13 nitrogen and oxygen atoms in total. The Hall–Kier alpha value is -4.04. The van der Waals surface area contributed by atoms with Crippen LogP contribution < -0.4 is 0 Å². The van der Waals surface area contributed by atoms with Crippen LogP contribution in [0, 0.1) is 17.7 Å². The number of aliphatic hydroxyl groups excluding tert-OH is 1. The maximum Gasteiger partial charge on any atom is 0.410 e. The Labute approximate surface area is 305 Å². The third-order valence-electron chi connectivity index (χ3n) is 10.1. The number of likely N-dealkylation sites (N-methyl/N-ethyl adjacent to an activating group) is 1.